The Morgan fingerprint density at radius 3 is 2.83 bits per heavy atom. The number of nitrogens with one attached hydrogen (secondary N) is 1. The predicted octanol–water partition coefficient (Wildman–Crippen LogP) is 2.77. The van der Waals surface area contributed by atoms with Crippen LogP contribution in [0.15, 0.2) is 6.20 Å². The second-order valence-electron chi connectivity index (χ2n) is 7.93. The first-order chi connectivity index (χ1) is 10.9. The van der Waals surface area contributed by atoms with E-state index in [-0.39, 0.29) is 35.8 Å². The quantitative estimate of drug-likeness (QED) is 0.876. The van der Waals surface area contributed by atoms with Crippen LogP contribution in [0.1, 0.15) is 70.2 Å². The SMILES string of the molecule is CC(C)n1cc2c(n1)CC(NC(=O)C1CCCCC1(C)N)CC2.Cl. The molecule has 3 atom stereocenters. The average molecular weight is 355 g/mol. The molecule has 1 aromatic heterocycles. The normalized spacial score (nSPS) is 29.7. The molecule has 0 bridgehead atoms. The third-order valence-corrected chi connectivity index (χ3v) is 5.54. The van der Waals surface area contributed by atoms with Crippen molar-refractivity contribution in [1.82, 2.24) is 15.1 Å². The van der Waals surface area contributed by atoms with Gasteiger partial charge in [-0.1, -0.05) is 12.8 Å². The largest absolute Gasteiger partial charge is 0.353 e. The minimum atomic E-state index is -0.360. The maximum atomic E-state index is 12.7. The van der Waals surface area contributed by atoms with Crippen molar-refractivity contribution in [2.24, 2.45) is 11.7 Å². The van der Waals surface area contributed by atoms with E-state index in [0.29, 0.717) is 6.04 Å². The number of amides is 1. The van der Waals surface area contributed by atoms with Crippen molar-refractivity contribution in [3.05, 3.63) is 17.5 Å². The highest BCUT2D eigenvalue weighted by atomic mass is 35.5. The van der Waals surface area contributed by atoms with Gasteiger partial charge in [0.05, 0.1) is 11.6 Å². The molecule has 5 nitrogen and oxygen atoms in total. The number of nitrogens with two attached hydrogens (primary N) is 1. The van der Waals surface area contributed by atoms with E-state index in [1.54, 1.807) is 0 Å². The molecular weight excluding hydrogens is 324 g/mol. The molecule has 3 unspecified atom stereocenters. The first-order valence-corrected chi connectivity index (χ1v) is 9.03. The Kier molecular flexibility index (Phi) is 5.97. The fourth-order valence-electron chi connectivity index (χ4n) is 3.99. The summed E-state index contributed by atoms with van der Waals surface area (Å²) in [6.45, 7) is 6.31. The van der Waals surface area contributed by atoms with Crippen molar-refractivity contribution < 1.29 is 4.79 Å². The lowest BCUT2D eigenvalue weighted by Crippen LogP contribution is -2.54. The Bertz CT molecular complexity index is 582. The highest BCUT2D eigenvalue weighted by molar-refractivity contribution is 5.85. The molecule has 3 rings (SSSR count). The summed E-state index contributed by atoms with van der Waals surface area (Å²) < 4.78 is 2.03. The van der Waals surface area contributed by atoms with Crippen LogP contribution in [0, 0.1) is 5.92 Å². The molecule has 1 heterocycles. The number of aromatic nitrogens is 2. The highest BCUT2D eigenvalue weighted by Crippen LogP contribution is 2.32. The summed E-state index contributed by atoms with van der Waals surface area (Å²) in [7, 11) is 0. The number of aryl methyl sites for hydroxylation is 1. The van der Waals surface area contributed by atoms with E-state index >= 15 is 0 Å². The lowest BCUT2D eigenvalue weighted by atomic mass is 9.74. The fourth-order valence-corrected chi connectivity index (χ4v) is 3.99. The summed E-state index contributed by atoms with van der Waals surface area (Å²) in [5.74, 6) is 0.0947. The number of nitrogens with zero attached hydrogens (tertiary/aromatic N) is 2. The zero-order valence-corrected chi connectivity index (χ0v) is 15.9. The summed E-state index contributed by atoms with van der Waals surface area (Å²) in [5, 5.41) is 7.94. The van der Waals surface area contributed by atoms with Crippen LogP contribution < -0.4 is 11.1 Å². The van der Waals surface area contributed by atoms with E-state index in [4.69, 9.17) is 5.73 Å². The molecule has 1 aromatic rings. The van der Waals surface area contributed by atoms with E-state index in [9.17, 15) is 4.79 Å². The van der Waals surface area contributed by atoms with Gasteiger partial charge in [0.15, 0.2) is 0 Å². The highest BCUT2D eigenvalue weighted by Gasteiger charge is 2.38. The Hall–Kier alpha value is -1.07. The monoisotopic (exact) mass is 354 g/mol. The van der Waals surface area contributed by atoms with Gasteiger partial charge in [0, 0.05) is 30.2 Å². The van der Waals surface area contributed by atoms with Crippen molar-refractivity contribution in [2.45, 2.75) is 83.3 Å². The molecular formula is C18H31ClN4O. The maximum Gasteiger partial charge on any atom is 0.225 e. The fraction of sp³-hybridized carbons (Fsp3) is 0.778. The van der Waals surface area contributed by atoms with E-state index in [0.717, 1.165) is 50.6 Å². The number of carbonyl (C=O) groups is 1. The number of hydrogen-bond donors (Lipinski definition) is 2. The van der Waals surface area contributed by atoms with Gasteiger partial charge in [-0.15, -0.1) is 12.4 Å². The van der Waals surface area contributed by atoms with Crippen LogP contribution in [-0.2, 0) is 17.6 Å². The molecule has 1 saturated carbocycles. The Morgan fingerprint density at radius 1 is 1.42 bits per heavy atom. The minimum Gasteiger partial charge on any atom is -0.353 e. The van der Waals surface area contributed by atoms with Gasteiger partial charge in [0.25, 0.3) is 0 Å². The van der Waals surface area contributed by atoms with Gasteiger partial charge in [-0.2, -0.15) is 5.10 Å². The lowest BCUT2D eigenvalue weighted by Gasteiger charge is -2.38. The van der Waals surface area contributed by atoms with Crippen molar-refractivity contribution in [1.29, 1.82) is 0 Å². The topological polar surface area (TPSA) is 72.9 Å². The van der Waals surface area contributed by atoms with Crippen molar-refractivity contribution in [3.63, 3.8) is 0 Å². The second-order valence-corrected chi connectivity index (χ2v) is 7.93. The Labute approximate surface area is 151 Å². The number of rotatable bonds is 3. The molecule has 136 valence electrons. The first kappa shape index (κ1) is 19.3. The van der Waals surface area contributed by atoms with Gasteiger partial charge in [-0.05, 0) is 52.0 Å². The van der Waals surface area contributed by atoms with Crippen LogP contribution in [0.3, 0.4) is 0 Å². The summed E-state index contributed by atoms with van der Waals surface area (Å²) in [6.07, 6.45) is 9.10. The average Bonchev–Trinajstić information content (AvgIpc) is 2.90. The summed E-state index contributed by atoms with van der Waals surface area (Å²) in [4.78, 5) is 12.7. The number of fused-ring (bicyclic) bond motifs is 1. The van der Waals surface area contributed by atoms with Crippen molar-refractivity contribution >= 4 is 18.3 Å². The van der Waals surface area contributed by atoms with Crippen molar-refractivity contribution in [2.75, 3.05) is 0 Å². The molecule has 0 aliphatic heterocycles. The first-order valence-electron chi connectivity index (χ1n) is 9.03. The lowest BCUT2D eigenvalue weighted by molar-refractivity contribution is -0.128. The molecule has 6 heteroatoms. The molecule has 0 radical (unpaired) electrons. The minimum absolute atomic E-state index is 0. The van der Waals surface area contributed by atoms with Gasteiger partial charge < -0.3 is 11.1 Å². The Balaban J connectivity index is 0.00000208. The molecule has 2 aliphatic carbocycles. The smallest absolute Gasteiger partial charge is 0.225 e. The van der Waals surface area contributed by atoms with E-state index < -0.39 is 0 Å². The van der Waals surface area contributed by atoms with E-state index in [1.807, 2.05) is 11.6 Å². The zero-order valence-electron chi connectivity index (χ0n) is 15.0. The number of halogens is 1. The Morgan fingerprint density at radius 2 is 2.17 bits per heavy atom. The van der Waals surface area contributed by atoms with Gasteiger partial charge in [-0.25, -0.2) is 0 Å². The summed E-state index contributed by atoms with van der Waals surface area (Å²) in [6, 6.07) is 0.581. The van der Waals surface area contributed by atoms with Crippen LogP contribution in [0.25, 0.3) is 0 Å². The zero-order chi connectivity index (χ0) is 16.6. The number of hydrogen-bond acceptors (Lipinski definition) is 3. The third kappa shape index (κ3) is 3.94. The van der Waals surface area contributed by atoms with Gasteiger partial charge in [-0.3, -0.25) is 9.48 Å². The van der Waals surface area contributed by atoms with Gasteiger partial charge in [0.2, 0.25) is 5.91 Å². The van der Waals surface area contributed by atoms with E-state index in [1.165, 1.54) is 5.56 Å². The molecule has 3 N–H and O–H groups in total. The molecule has 0 aromatic carbocycles. The van der Waals surface area contributed by atoms with Crippen LogP contribution >= 0.6 is 12.4 Å². The second kappa shape index (κ2) is 7.44. The molecule has 0 spiro atoms. The molecule has 1 amide bonds. The van der Waals surface area contributed by atoms with Crippen molar-refractivity contribution in [3.8, 4) is 0 Å². The molecule has 1 fully saturated rings. The summed E-state index contributed by atoms with van der Waals surface area (Å²) in [5.41, 5.74) is 8.49. The standard InChI is InChI=1S/C18H30N4O.ClH/c1-12(2)22-11-13-7-8-14(10-16(13)21-22)20-17(23)15-6-4-5-9-18(15,3)19;/h11-12,14-15H,4-10,19H2,1-3H3,(H,20,23);1H. The van der Waals surface area contributed by atoms with Gasteiger partial charge in [0.1, 0.15) is 0 Å². The predicted molar refractivity (Wildman–Crippen MR) is 98.4 cm³/mol. The van der Waals surface area contributed by atoms with Crippen LogP contribution in [0.5, 0.6) is 0 Å². The third-order valence-electron chi connectivity index (χ3n) is 5.54. The summed E-state index contributed by atoms with van der Waals surface area (Å²) >= 11 is 0. The number of carbonyl (C=O) groups excluding carboxylic acids is 1. The molecule has 24 heavy (non-hydrogen) atoms. The van der Waals surface area contributed by atoms with Crippen LogP contribution in [0.4, 0.5) is 0 Å². The van der Waals surface area contributed by atoms with Crippen LogP contribution in [-0.4, -0.2) is 27.3 Å². The molecule has 0 saturated heterocycles. The maximum absolute atomic E-state index is 12.7. The van der Waals surface area contributed by atoms with Crippen LogP contribution in [0.2, 0.25) is 0 Å². The molecule has 2 aliphatic rings. The van der Waals surface area contributed by atoms with Gasteiger partial charge >= 0.3 is 0 Å². The van der Waals surface area contributed by atoms with E-state index in [2.05, 4.69) is 30.5 Å².